The Morgan fingerprint density at radius 2 is 1.78 bits per heavy atom. The van der Waals surface area contributed by atoms with Gasteiger partial charge in [0.25, 0.3) is 0 Å². The van der Waals surface area contributed by atoms with Crippen LogP contribution >= 0.6 is 27.5 Å². The SMILES string of the molecule is Cc1cc(N2CCN(S(=O)(=O)c3ccc(Br)cc3Cl)CC2)nc(C(C)C)n1. The molecule has 0 bridgehead atoms. The minimum absolute atomic E-state index is 0.140. The van der Waals surface area contributed by atoms with Crippen LogP contribution in [0.2, 0.25) is 5.02 Å². The number of benzene rings is 1. The lowest BCUT2D eigenvalue weighted by atomic mass is 10.2. The lowest BCUT2D eigenvalue weighted by Crippen LogP contribution is -2.49. The van der Waals surface area contributed by atoms with Crippen LogP contribution < -0.4 is 4.90 Å². The van der Waals surface area contributed by atoms with E-state index in [9.17, 15) is 8.42 Å². The van der Waals surface area contributed by atoms with E-state index in [-0.39, 0.29) is 15.8 Å². The smallest absolute Gasteiger partial charge is 0.244 e. The summed E-state index contributed by atoms with van der Waals surface area (Å²) in [6.45, 7) is 7.98. The molecule has 0 N–H and O–H groups in total. The predicted molar refractivity (Wildman–Crippen MR) is 111 cm³/mol. The van der Waals surface area contributed by atoms with Gasteiger partial charge in [-0.05, 0) is 25.1 Å². The van der Waals surface area contributed by atoms with Crippen LogP contribution in [-0.4, -0.2) is 48.9 Å². The van der Waals surface area contributed by atoms with Crippen molar-refractivity contribution >= 4 is 43.4 Å². The summed E-state index contributed by atoms with van der Waals surface area (Å²) in [6.07, 6.45) is 0. The van der Waals surface area contributed by atoms with Gasteiger partial charge in [-0.3, -0.25) is 0 Å². The van der Waals surface area contributed by atoms with Gasteiger partial charge in [-0.2, -0.15) is 4.31 Å². The molecule has 0 saturated carbocycles. The lowest BCUT2D eigenvalue weighted by molar-refractivity contribution is 0.383. The third kappa shape index (κ3) is 4.45. The molecule has 0 spiro atoms. The molecule has 27 heavy (non-hydrogen) atoms. The fourth-order valence-electron chi connectivity index (χ4n) is 2.98. The molecule has 2 aromatic rings. The van der Waals surface area contributed by atoms with E-state index in [2.05, 4.69) is 44.6 Å². The second-order valence-corrected chi connectivity index (χ2v) is 10.1. The second kappa shape index (κ2) is 8.03. The molecule has 1 aromatic carbocycles. The van der Waals surface area contributed by atoms with Crippen molar-refractivity contribution in [3.63, 3.8) is 0 Å². The Hall–Kier alpha value is -1.22. The van der Waals surface area contributed by atoms with Crippen LogP contribution in [0.25, 0.3) is 0 Å². The van der Waals surface area contributed by atoms with Gasteiger partial charge >= 0.3 is 0 Å². The molecular formula is C18H22BrClN4O2S. The highest BCUT2D eigenvalue weighted by Crippen LogP contribution is 2.29. The maximum Gasteiger partial charge on any atom is 0.244 e. The Morgan fingerprint density at radius 3 is 2.37 bits per heavy atom. The van der Waals surface area contributed by atoms with Crippen molar-refractivity contribution in [1.29, 1.82) is 0 Å². The predicted octanol–water partition coefficient (Wildman–Crippen LogP) is 3.84. The summed E-state index contributed by atoms with van der Waals surface area (Å²) in [6, 6.07) is 6.77. The van der Waals surface area contributed by atoms with E-state index in [0.29, 0.717) is 26.2 Å². The van der Waals surface area contributed by atoms with Gasteiger partial charge in [-0.25, -0.2) is 18.4 Å². The zero-order chi connectivity index (χ0) is 19.8. The number of halogens is 2. The van der Waals surface area contributed by atoms with Crippen LogP contribution in [0, 0.1) is 6.92 Å². The Kier molecular flexibility index (Phi) is 6.10. The third-order valence-corrected chi connectivity index (χ3v) is 7.32. The summed E-state index contributed by atoms with van der Waals surface area (Å²) in [4.78, 5) is 11.4. The van der Waals surface area contributed by atoms with Gasteiger partial charge in [0.2, 0.25) is 10.0 Å². The maximum atomic E-state index is 12.9. The van der Waals surface area contributed by atoms with E-state index in [0.717, 1.165) is 21.8 Å². The highest BCUT2D eigenvalue weighted by Gasteiger charge is 2.30. The van der Waals surface area contributed by atoms with Crippen LogP contribution in [0.15, 0.2) is 33.6 Å². The van der Waals surface area contributed by atoms with E-state index >= 15 is 0 Å². The average Bonchev–Trinajstić information content (AvgIpc) is 2.61. The van der Waals surface area contributed by atoms with Crippen molar-refractivity contribution < 1.29 is 8.42 Å². The lowest BCUT2D eigenvalue weighted by Gasteiger charge is -2.35. The van der Waals surface area contributed by atoms with Crippen LogP contribution in [0.3, 0.4) is 0 Å². The highest BCUT2D eigenvalue weighted by molar-refractivity contribution is 9.10. The molecule has 9 heteroatoms. The molecule has 6 nitrogen and oxygen atoms in total. The molecule has 0 amide bonds. The van der Waals surface area contributed by atoms with E-state index in [1.807, 2.05) is 13.0 Å². The Bertz CT molecular complexity index is 944. The fourth-order valence-corrected chi connectivity index (χ4v) is 5.41. The molecule has 1 aromatic heterocycles. The number of rotatable bonds is 4. The van der Waals surface area contributed by atoms with Gasteiger partial charge < -0.3 is 4.90 Å². The summed E-state index contributed by atoms with van der Waals surface area (Å²) in [5, 5.41) is 0.222. The molecule has 0 aliphatic carbocycles. The molecule has 1 saturated heterocycles. The van der Waals surface area contributed by atoms with Crippen molar-refractivity contribution in [2.45, 2.75) is 31.6 Å². The van der Waals surface area contributed by atoms with Crippen molar-refractivity contribution in [1.82, 2.24) is 14.3 Å². The van der Waals surface area contributed by atoms with Gasteiger partial charge in [-0.1, -0.05) is 41.4 Å². The van der Waals surface area contributed by atoms with Crippen LogP contribution in [0.1, 0.15) is 31.3 Å². The van der Waals surface area contributed by atoms with Gasteiger partial charge in [0.05, 0.1) is 5.02 Å². The maximum absolute atomic E-state index is 12.9. The first-order valence-corrected chi connectivity index (χ1v) is 11.4. The number of nitrogens with zero attached hydrogens (tertiary/aromatic N) is 4. The summed E-state index contributed by atoms with van der Waals surface area (Å²) >= 11 is 9.46. The molecule has 0 atom stereocenters. The zero-order valence-corrected chi connectivity index (χ0v) is 18.6. The number of aromatic nitrogens is 2. The Balaban J connectivity index is 1.77. The molecule has 2 heterocycles. The molecule has 146 valence electrons. The summed E-state index contributed by atoms with van der Waals surface area (Å²) in [7, 11) is -3.62. The van der Waals surface area contributed by atoms with Crippen molar-refractivity contribution in [3.8, 4) is 0 Å². The molecular weight excluding hydrogens is 452 g/mol. The molecule has 0 unspecified atom stereocenters. The Labute approximate surface area is 173 Å². The minimum atomic E-state index is -3.62. The first-order valence-electron chi connectivity index (χ1n) is 8.74. The monoisotopic (exact) mass is 472 g/mol. The van der Waals surface area contributed by atoms with E-state index in [1.54, 1.807) is 12.1 Å². The van der Waals surface area contributed by atoms with E-state index in [4.69, 9.17) is 11.6 Å². The first kappa shape index (κ1) is 20.5. The van der Waals surface area contributed by atoms with Gasteiger partial charge in [0.15, 0.2) is 0 Å². The number of piperazine rings is 1. The number of hydrogen-bond donors (Lipinski definition) is 0. The van der Waals surface area contributed by atoms with Crippen LogP contribution in [-0.2, 0) is 10.0 Å². The number of anilines is 1. The second-order valence-electron chi connectivity index (χ2n) is 6.85. The summed E-state index contributed by atoms with van der Waals surface area (Å²) in [5.74, 6) is 1.90. The van der Waals surface area contributed by atoms with Crippen LogP contribution in [0.4, 0.5) is 5.82 Å². The average molecular weight is 474 g/mol. The number of sulfonamides is 1. The van der Waals surface area contributed by atoms with Crippen molar-refractivity contribution in [2.24, 2.45) is 0 Å². The standard InChI is InChI=1S/C18H22BrClN4O2S/c1-12(2)18-21-13(3)10-17(22-18)23-6-8-24(9-7-23)27(25,26)16-5-4-14(19)11-15(16)20/h4-5,10-12H,6-9H2,1-3H3. The van der Waals surface area contributed by atoms with Gasteiger partial charge in [0.1, 0.15) is 16.5 Å². The quantitative estimate of drug-likeness (QED) is 0.675. The van der Waals surface area contributed by atoms with Crippen LogP contribution in [0.5, 0.6) is 0 Å². The third-order valence-electron chi connectivity index (χ3n) is 4.45. The molecule has 1 fully saturated rings. The molecule has 1 aliphatic rings. The van der Waals surface area contributed by atoms with E-state index < -0.39 is 10.0 Å². The molecule has 1 aliphatic heterocycles. The summed E-state index contributed by atoms with van der Waals surface area (Å²) < 4.78 is 28.1. The first-order chi connectivity index (χ1) is 12.7. The minimum Gasteiger partial charge on any atom is -0.354 e. The number of aryl methyl sites for hydroxylation is 1. The van der Waals surface area contributed by atoms with E-state index in [1.165, 1.54) is 10.4 Å². The van der Waals surface area contributed by atoms with Crippen molar-refractivity contribution in [2.75, 3.05) is 31.1 Å². The fraction of sp³-hybridized carbons (Fsp3) is 0.444. The summed E-state index contributed by atoms with van der Waals surface area (Å²) in [5.41, 5.74) is 0.917. The topological polar surface area (TPSA) is 66.4 Å². The largest absolute Gasteiger partial charge is 0.354 e. The normalized spacial score (nSPS) is 16.1. The molecule has 3 rings (SSSR count). The number of hydrogen-bond acceptors (Lipinski definition) is 5. The van der Waals surface area contributed by atoms with Crippen molar-refractivity contribution in [3.05, 3.63) is 45.3 Å². The molecule has 0 radical (unpaired) electrons. The zero-order valence-electron chi connectivity index (χ0n) is 15.5. The highest BCUT2D eigenvalue weighted by atomic mass is 79.9. The van der Waals surface area contributed by atoms with Gasteiger partial charge in [-0.15, -0.1) is 0 Å². The Morgan fingerprint density at radius 1 is 1.11 bits per heavy atom. The van der Waals surface area contributed by atoms with Gasteiger partial charge in [0, 0.05) is 48.3 Å².